The maximum Gasteiger partial charge on any atom is 0.308 e. The van der Waals surface area contributed by atoms with Crippen molar-refractivity contribution in [2.75, 3.05) is 32.1 Å². The van der Waals surface area contributed by atoms with Crippen LogP contribution in [0.4, 0.5) is 5.69 Å². The van der Waals surface area contributed by atoms with Crippen LogP contribution < -0.4 is 26.7 Å². The van der Waals surface area contributed by atoms with E-state index in [2.05, 4.69) is 31.6 Å². The Balaban J connectivity index is 2.83. The van der Waals surface area contributed by atoms with Gasteiger partial charge in [0.15, 0.2) is 0 Å². The predicted octanol–water partition coefficient (Wildman–Crippen LogP) is 0.482. The predicted molar refractivity (Wildman–Crippen MR) is 133 cm³/mol. The molecule has 36 heavy (non-hydrogen) atoms. The molecule has 5 N–H and O–H groups in total. The fourth-order valence-electron chi connectivity index (χ4n) is 2.94. The number of carbonyl (C=O) groups is 5. The van der Waals surface area contributed by atoms with Crippen molar-refractivity contribution in [1.82, 2.24) is 21.4 Å². The molecule has 1 aromatic carbocycles. The van der Waals surface area contributed by atoms with E-state index in [0.717, 1.165) is 0 Å². The Kier molecular flexibility index (Phi) is 13.1. The number of nitrogens with one attached hydrogen (secondary N) is 5. The topological polar surface area (TPSA) is 164 Å². The molecule has 200 valence electrons. The second-order valence-corrected chi connectivity index (χ2v) is 8.61. The first kappa shape index (κ1) is 30.5. The number of ether oxygens (including phenoxy) is 1. The summed E-state index contributed by atoms with van der Waals surface area (Å²) in [6.45, 7) is 9.03. The lowest BCUT2D eigenvalue weighted by Crippen LogP contribution is -2.52. The summed E-state index contributed by atoms with van der Waals surface area (Å²) in [5.41, 5.74) is 3.03. The summed E-state index contributed by atoms with van der Waals surface area (Å²) in [7, 11) is 1.28. The van der Waals surface area contributed by atoms with Crippen molar-refractivity contribution in [3.8, 4) is 0 Å². The summed E-state index contributed by atoms with van der Waals surface area (Å²) in [6, 6.07) is 3.69. The summed E-state index contributed by atoms with van der Waals surface area (Å²) in [5, 5.41) is 10.7. The molecule has 0 aromatic heterocycles. The quantitative estimate of drug-likeness (QED) is 0.179. The van der Waals surface area contributed by atoms with Gasteiger partial charge in [0.1, 0.15) is 12.6 Å². The highest BCUT2D eigenvalue weighted by atomic mass is 16.6. The lowest BCUT2D eigenvalue weighted by molar-refractivity contribution is -0.148. The number of esters is 1. The smallest absolute Gasteiger partial charge is 0.308 e. The van der Waals surface area contributed by atoms with Crippen LogP contribution in [0.15, 0.2) is 18.2 Å². The van der Waals surface area contributed by atoms with E-state index in [9.17, 15) is 24.0 Å². The first-order chi connectivity index (χ1) is 17.0. The van der Waals surface area contributed by atoms with E-state index in [-0.39, 0.29) is 48.7 Å². The summed E-state index contributed by atoms with van der Waals surface area (Å²) in [4.78, 5) is 65.8. The summed E-state index contributed by atoms with van der Waals surface area (Å²) in [5.74, 6) is -2.89. The monoisotopic (exact) mass is 507 g/mol. The lowest BCUT2D eigenvalue weighted by atomic mass is 10.0. The van der Waals surface area contributed by atoms with Crippen molar-refractivity contribution in [2.24, 2.45) is 11.8 Å². The van der Waals surface area contributed by atoms with Crippen LogP contribution in [-0.4, -0.2) is 62.4 Å². The van der Waals surface area contributed by atoms with Crippen LogP contribution in [0.1, 0.15) is 50.5 Å². The molecular formula is C24H37N5O7. The molecule has 0 spiro atoms. The zero-order chi connectivity index (χ0) is 27.3. The van der Waals surface area contributed by atoms with Crippen molar-refractivity contribution < 1.29 is 33.5 Å². The van der Waals surface area contributed by atoms with E-state index in [1.54, 1.807) is 39.8 Å². The Bertz CT molecular complexity index is 933. The van der Waals surface area contributed by atoms with Crippen LogP contribution >= 0.6 is 0 Å². The number of carbonyl (C=O) groups excluding carboxylic acids is 5. The average Bonchev–Trinajstić information content (AvgIpc) is 2.83. The molecule has 1 unspecified atom stereocenters. The van der Waals surface area contributed by atoms with Gasteiger partial charge in [-0.15, -0.1) is 0 Å². The molecule has 1 atom stereocenters. The number of rotatable bonds is 14. The van der Waals surface area contributed by atoms with Gasteiger partial charge in [-0.25, -0.2) is 5.48 Å². The lowest BCUT2D eigenvalue weighted by Gasteiger charge is -2.21. The number of hydrogen-bond acceptors (Lipinski definition) is 8. The molecular weight excluding hydrogens is 470 g/mol. The van der Waals surface area contributed by atoms with E-state index in [1.807, 2.05) is 6.92 Å². The van der Waals surface area contributed by atoms with Gasteiger partial charge in [-0.1, -0.05) is 40.7 Å². The molecule has 0 radical (unpaired) electrons. The van der Waals surface area contributed by atoms with E-state index in [4.69, 9.17) is 4.74 Å². The molecule has 1 aromatic rings. The minimum Gasteiger partial charge on any atom is -0.461 e. The van der Waals surface area contributed by atoms with Gasteiger partial charge in [-0.2, -0.15) is 0 Å². The minimum absolute atomic E-state index is 0.0825. The second-order valence-electron chi connectivity index (χ2n) is 8.61. The van der Waals surface area contributed by atoms with Crippen molar-refractivity contribution in [1.29, 1.82) is 0 Å². The van der Waals surface area contributed by atoms with E-state index in [1.165, 1.54) is 13.2 Å². The molecule has 0 saturated carbocycles. The van der Waals surface area contributed by atoms with Crippen LogP contribution in [-0.2, 0) is 35.4 Å². The highest BCUT2D eigenvalue weighted by Gasteiger charge is 2.24. The SMILES string of the molecule is CCNCC(=O)NC(C(=O)NCC(=O)Nc1ccc(COC(=O)C(C)C)c(C(=O)NOC)c1)C(C)C. The Morgan fingerprint density at radius 1 is 0.972 bits per heavy atom. The van der Waals surface area contributed by atoms with Gasteiger partial charge in [0, 0.05) is 11.3 Å². The van der Waals surface area contributed by atoms with Crippen LogP contribution in [0.5, 0.6) is 0 Å². The van der Waals surface area contributed by atoms with Crippen LogP contribution in [0.25, 0.3) is 0 Å². The maximum atomic E-state index is 12.6. The number of benzene rings is 1. The normalized spacial score (nSPS) is 11.6. The van der Waals surface area contributed by atoms with E-state index >= 15 is 0 Å². The molecule has 0 aliphatic heterocycles. The van der Waals surface area contributed by atoms with Crippen molar-refractivity contribution in [3.05, 3.63) is 29.3 Å². The first-order valence-corrected chi connectivity index (χ1v) is 11.7. The van der Waals surface area contributed by atoms with Gasteiger partial charge in [-0.05, 0) is 24.6 Å². The van der Waals surface area contributed by atoms with Gasteiger partial charge in [-0.3, -0.25) is 28.8 Å². The second kappa shape index (κ2) is 15.5. The standard InChI is InChI=1S/C24H37N5O7/c1-7-25-11-19(30)28-21(14(2)3)23(33)26-12-20(31)27-17-9-8-16(13-36-24(34)15(4)5)18(10-17)22(32)29-35-6/h8-10,14-15,21,25H,7,11-13H2,1-6H3,(H,26,33)(H,27,31)(H,28,30)(H,29,32). The fourth-order valence-corrected chi connectivity index (χ4v) is 2.94. The van der Waals surface area contributed by atoms with Gasteiger partial charge < -0.3 is 26.0 Å². The molecule has 0 fully saturated rings. The Hall–Kier alpha value is -3.51. The molecule has 0 saturated heterocycles. The van der Waals surface area contributed by atoms with Crippen LogP contribution in [0.3, 0.4) is 0 Å². The number of amides is 4. The Labute approximate surface area is 211 Å². The maximum absolute atomic E-state index is 12.6. The fraction of sp³-hybridized carbons (Fsp3) is 0.542. The molecule has 0 heterocycles. The number of hydroxylamine groups is 1. The van der Waals surface area contributed by atoms with Crippen molar-refractivity contribution >= 4 is 35.3 Å². The van der Waals surface area contributed by atoms with Crippen molar-refractivity contribution in [3.63, 3.8) is 0 Å². The van der Waals surface area contributed by atoms with E-state index in [0.29, 0.717) is 12.1 Å². The summed E-state index contributed by atoms with van der Waals surface area (Å²) in [6.07, 6.45) is 0. The Morgan fingerprint density at radius 3 is 2.25 bits per heavy atom. The van der Waals surface area contributed by atoms with E-state index < -0.39 is 29.7 Å². The third kappa shape index (κ3) is 10.4. The van der Waals surface area contributed by atoms with Crippen LogP contribution in [0.2, 0.25) is 0 Å². The third-order valence-corrected chi connectivity index (χ3v) is 4.90. The molecule has 0 bridgehead atoms. The van der Waals surface area contributed by atoms with Gasteiger partial charge >= 0.3 is 5.97 Å². The molecule has 1 rings (SSSR count). The summed E-state index contributed by atoms with van der Waals surface area (Å²) < 4.78 is 5.21. The molecule has 12 nitrogen and oxygen atoms in total. The van der Waals surface area contributed by atoms with Crippen molar-refractivity contribution in [2.45, 2.75) is 47.3 Å². The zero-order valence-electron chi connectivity index (χ0n) is 21.7. The molecule has 4 amide bonds. The molecule has 12 heteroatoms. The zero-order valence-corrected chi connectivity index (χ0v) is 21.7. The molecule has 0 aliphatic carbocycles. The van der Waals surface area contributed by atoms with Gasteiger partial charge in [0.2, 0.25) is 17.7 Å². The first-order valence-electron chi connectivity index (χ1n) is 11.7. The van der Waals surface area contributed by atoms with Gasteiger partial charge in [0.05, 0.1) is 31.7 Å². The van der Waals surface area contributed by atoms with Crippen LogP contribution in [0, 0.1) is 11.8 Å². The highest BCUT2D eigenvalue weighted by Crippen LogP contribution is 2.18. The largest absolute Gasteiger partial charge is 0.461 e. The number of hydrogen-bond donors (Lipinski definition) is 5. The number of likely N-dealkylation sites (N-methyl/N-ethyl adjacent to an activating group) is 1. The molecule has 0 aliphatic rings. The minimum atomic E-state index is -0.805. The van der Waals surface area contributed by atoms with Gasteiger partial charge in [0.25, 0.3) is 5.91 Å². The average molecular weight is 508 g/mol. The highest BCUT2D eigenvalue weighted by molar-refractivity contribution is 5.99. The Morgan fingerprint density at radius 2 is 1.67 bits per heavy atom. The third-order valence-electron chi connectivity index (χ3n) is 4.90. The summed E-state index contributed by atoms with van der Waals surface area (Å²) >= 11 is 0. The number of anilines is 1.